The van der Waals surface area contributed by atoms with Gasteiger partial charge in [0.2, 0.25) is 5.91 Å². The molecule has 1 saturated carbocycles. The molecule has 4 rings (SSSR count). The van der Waals surface area contributed by atoms with Crippen LogP contribution in [0, 0.1) is 0 Å². The topological polar surface area (TPSA) is 101 Å². The van der Waals surface area contributed by atoms with E-state index in [-0.39, 0.29) is 11.8 Å². The lowest BCUT2D eigenvalue weighted by Crippen LogP contribution is -2.43. The van der Waals surface area contributed by atoms with Gasteiger partial charge >= 0.3 is 12.6 Å². The molecule has 0 spiro atoms. The molecule has 34 heavy (non-hydrogen) atoms. The zero-order chi connectivity index (χ0) is 24.1. The molecule has 2 heterocycles. The van der Waals surface area contributed by atoms with Crippen LogP contribution in [-0.4, -0.2) is 62.6 Å². The van der Waals surface area contributed by atoms with Gasteiger partial charge in [-0.2, -0.15) is 8.78 Å². The molecule has 1 aromatic carbocycles. The van der Waals surface area contributed by atoms with Crippen LogP contribution in [0.3, 0.4) is 0 Å². The lowest BCUT2D eigenvalue weighted by molar-refractivity contribution is -0.119. The van der Waals surface area contributed by atoms with Gasteiger partial charge in [-0.25, -0.2) is 4.79 Å². The number of nitrogens with one attached hydrogen (secondary N) is 2. The van der Waals surface area contributed by atoms with Crippen molar-refractivity contribution >= 4 is 23.7 Å². The summed E-state index contributed by atoms with van der Waals surface area (Å²) in [4.78, 5) is 26.8. The van der Waals surface area contributed by atoms with E-state index < -0.39 is 23.8 Å². The monoisotopic (exact) mass is 494 g/mol. The number of halogens is 2. The van der Waals surface area contributed by atoms with Crippen LogP contribution in [0.25, 0.3) is 5.69 Å². The number of piperidine rings is 1. The zero-order valence-corrected chi connectivity index (χ0v) is 19.7. The van der Waals surface area contributed by atoms with Gasteiger partial charge in [0, 0.05) is 11.7 Å². The fourth-order valence-corrected chi connectivity index (χ4v) is 4.59. The van der Waals surface area contributed by atoms with Gasteiger partial charge in [-0.3, -0.25) is 19.6 Å². The molecule has 0 unspecified atom stereocenters. The van der Waals surface area contributed by atoms with Gasteiger partial charge in [0.15, 0.2) is 11.0 Å². The fraction of sp³-hybridized carbons (Fsp3) is 0.545. The van der Waals surface area contributed by atoms with Crippen molar-refractivity contribution < 1.29 is 23.1 Å². The minimum absolute atomic E-state index is 0.0491. The normalized spacial score (nSPS) is 17.4. The summed E-state index contributed by atoms with van der Waals surface area (Å²) in [7, 11) is 0. The Morgan fingerprint density at radius 3 is 2.50 bits per heavy atom. The number of hydrogen-bond acceptors (Lipinski definition) is 7. The van der Waals surface area contributed by atoms with Crippen molar-refractivity contribution in [3.05, 3.63) is 30.1 Å². The molecule has 2 N–H and O–H groups in total. The summed E-state index contributed by atoms with van der Waals surface area (Å²) >= 11 is 1.17. The molecular formula is C22H28F2N6O3S. The maximum absolute atomic E-state index is 12.5. The number of carbonyl (C=O) groups is 2. The summed E-state index contributed by atoms with van der Waals surface area (Å²) in [5.41, 5.74) is 0.667. The first kappa shape index (κ1) is 24.4. The quantitative estimate of drug-likeness (QED) is 0.516. The summed E-state index contributed by atoms with van der Waals surface area (Å²) in [6.07, 6.45) is 5.30. The Labute approximate surface area is 200 Å². The standard InChI is InChI=1S/C22H28F2N6O3S/c1-14(19(31)26-21(32)25-15-5-6-15)34-22-28-27-18(13-29-11-3-2-4-12-29)30(22)16-7-9-17(10-8-16)33-20(23)24/h7-10,14-15,20H,2-6,11-13H2,1H3,(H2,25,26,31,32)/t14-/m0/s1. The maximum atomic E-state index is 12.5. The van der Waals surface area contributed by atoms with Crippen LogP contribution in [-0.2, 0) is 11.3 Å². The van der Waals surface area contributed by atoms with Crippen molar-refractivity contribution in [1.29, 1.82) is 0 Å². The first-order valence-corrected chi connectivity index (χ1v) is 12.3. The molecule has 1 saturated heterocycles. The van der Waals surface area contributed by atoms with E-state index in [2.05, 4.69) is 30.5 Å². The highest BCUT2D eigenvalue weighted by Crippen LogP contribution is 2.28. The average Bonchev–Trinajstić information content (AvgIpc) is 3.54. The number of thioether (sulfide) groups is 1. The number of ether oxygens (including phenoxy) is 1. The number of carbonyl (C=O) groups excluding carboxylic acids is 2. The number of rotatable bonds is 9. The number of imide groups is 1. The van der Waals surface area contributed by atoms with E-state index in [1.807, 2.05) is 4.57 Å². The second kappa shape index (κ2) is 11.1. The predicted octanol–water partition coefficient (Wildman–Crippen LogP) is 3.32. The van der Waals surface area contributed by atoms with Gasteiger partial charge in [-0.1, -0.05) is 18.2 Å². The van der Waals surface area contributed by atoms with Gasteiger partial charge in [0.1, 0.15) is 5.75 Å². The first-order chi connectivity index (χ1) is 16.4. The van der Waals surface area contributed by atoms with Crippen LogP contribution >= 0.6 is 11.8 Å². The SMILES string of the molecule is C[C@H](Sc1nnc(CN2CCCCC2)n1-c1ccc(OC(F)F)cc1)C(=O)NC(=O)NC1CC1. The largest absolute Gasteiger partial charge is 0.435 e. The lowest BCUT2D eigenvalue weighted by atomic mass is 10.1. The van der Waals surface area contributed by atoms with Crippen LogP contribution in [0.2, 0.25) is 0 Å². The number of aromatic nitrogens is 3. The third-order valence-corrected chi connectivity index (χ3v) is 6.68. The van der Waals surface area contributed by atoms with Crippen LogP contribution in [0.15, 0.2) is 29.4 Å². The van der Waals surface area contributed by atoms with Crippen LogP contribution < -0.4 is 15.4 Å². The van der Waals surface area contributed by atoms with Gasteiger partial charge in [0.05, 0.1) is 11.8 Å². The smallest absolute Gasteiger partial charge is 0.387 e. The number of amides is 3. The van der Waals surface area contributed by atoms with Gasteiger partial charge < -0.3 is 10.1 Å². The summed E-state index contributed by atoms with van der Waals surface area (Å²) in [6, 6.07) is 5.87. The van der Waals surface area contributed by atoms with Crippen LogP contribution in [0.5, 0.6) is 5.75 Å². The molecule has 2 aliphatic rings. The van der Waals surface area contributed by atoms with E-state index in [1.54, 1.807) is 19.1 Å². The molecular weight excluding hydrogens is 466 g/mol. The Balaban J connectivity index is 1.52. The predicted molar refractivity (Wildman–Crippen MR) is 122 cm³/mol. The van der Waals surface area contributed by atoms with Crippen LogP contribution in [0.4, 0.5) is 13.6 Å². The molecule has 2 fully saturated rings. The van der Waals surface area contributed by atoms with E-state index in [9.17, 15) is 18.4 Å². The summed E-state index contributed by atoms with van der Waals surface area (Å²) in [6.45, 7) is 1.29. The number of urea groups is 1. The molecule has 3 amide bonds. The van der Waals surface area contributed by atoms with Gasteiger partial charge in [-0.15, -0.1) is 10.2 Å². The number of hydrogen-bond donors (Lipinski definition) is 2. The lowest BCUT2D eigenvalue weighted by Gasteiger charge is -2.26. The Morgan fingerprint density at radius 2 is 1.85 bits per heavy atom. The van der Waals surface area contributed by atoms with Crippen molar-refractivity contribution in [2.24, 2.45) is 0 Å². The van der Waals surface area contributed by atoms with Crippen molar-refractivity contribution in [3.8, 4) is 11.4 Å². The molecule has 2 aromatic rings. The molecule has 1 aromatic heterocycles. The minimum Gasteiger partial charge on any atom is -0.435 e. The molecule has 1 aliphatic carbocycles. The molecule has 0 radical (unpaired) electrons. The molecule has 0 bridgehead atoms. The number of alkyl halides is 2. The highest BCUT2D eigenvalue weighted by atomic mass is 32.2. The molecule has 1 aliphatic heterocycles. The van der Waals surface area contributed by atoms with E-state index in [4.69, 9.17) is 0 Å². The Morgan fingerprint density at radius 1 is 1.15 bits per heavy atom. The molecule has 184 valence electrons. The Bertz CT molecular complexity index is 993. The molecule has 12 heteroatoms. The third kappa shape index (κ3) is 6.66. The Hall–Kier alpha value is -2.73. The van der Waals surface area contributed by atoms with E-state index in [1.165, 1.54) is 30.3 Å². The summed E-state index contributed by atoms with van der Waals surface area (Å²) < 4.78 is 31.4. The van der Waals surface area contributed by atoms with Gasteiger partial charge in [-0.05, 0) is 70.0 Å². The highest BCUT2D eigenvalue weighted by Gasteiger charge is 2.27. The van der Waals surface area contributed by atoms with Crippen molar-refractivity contribution in [2.45, 2.75) is 68.6 Å². The second-order valence-corrected chi connectivity index (χ2v) is 9.75. The van der Waals surface area contributed by atoms with Crippen LogP contribution in [0.1, 0.15) is 44.9 Å². The van der Waals surface area contributed by atoms with E-state index >= 15 is 0 Å². The van der Waals surface area contributed by atoms with E-state index in [0.29, 0.717) is 23.2 Å². The zero-order valence-electron chi connectivity index (χ0n) is 18.9. The van der Waals surface area contributed by atoms with Crippen molar-refractivity contribution in [1.82, 2.24) is 30.3 Å². The Kier molecular flexibility index (Phi) is 7.99. The molecule has 1 atom stereocenters. The minimum atomic E-state index is -2.90. The summed E-state index contributed by atoms with van der Waals surface area (Å²) in [5.74, 6) is 0.301. The molecule has 9 nitrogen and oxygen atoms in total. The van der Waals surface area contributed by atoms with Crippen molar-refractivity contribution in [2.75, 3.05) is 13.1 Å². The average molecular weight is 495 g/mol. The highest BCUT2D eigenvalue weighted by molar-refractivity contribution is 8.00. The second-order valence-electron chi connectivity index (χ2n) is 8.44. The number of nitrogens with zero attached hydrogens (tertiary/aromatic N) is 4. The number of likely N-dealkylation sites (tertiary alicyclic amines) is 1. The van der Waals surface area contributed by atoms with Gasteiger partial charge in [0.25, 0.3) is 0 Å². The maximum Gasteiger partial charge on any atom is 0.387 e. The first-order valence-electron chi connectivity index (χ1n) is 11.4. The third-order valence-electron chi connectivity index (χ3n) is 5.63. The summed E-state index contributed by atoms with van der Waals surface area (Å²) in [5, 5.41) is 13.6. The number of benzene rings is 1. The van der Waals surface area contributed by atoms with E-state index in [0.717, 1.165) is 38.8 Å². The van der Waals surface area contributed by atoms with Crippen molar-refractivity contribution in [3.63, 3.8) is 0 Å². The fourth-order valence-electron chi connectivity index (χ4n) is 3.71.